The molecule has 2 aliphatic rings. The summed E-state index contributed by atoms with van der Waals surface area (Å²) in [6.45, 7) is 5.16. The van der Waals surface area contributed by atoms with Crippen LogP contribution < -0.4 is 5.32 Å². The number of thioether (sulfide) groups is 1. The molecule has 2 aromatic rings. The van der Waals surface area contributed by atoms with Gasteiger partial charge >= 0.3 is 0 Å². The van der Waals surface area contributed by atoms with Crippen molar-refractivity contribution in [1.82, 2.24) is 30.2 Å². The molecule has 146 valence electrons. The Morgan fingerprint density at radius 3 is 2.93 bits per heavy atom. The predicted octanol–water partition coefficient (Wildman–Crippen LogP) is 2.13. The van der Waals surface area contributed by atoms with Crippen molar-refractivity contribution in [2.24, 2.45) is 0 Å². The Hall–Kier alpha value is -1.87. The third kappa shape index (κ3) is 4.70. The minimum Gasteiger partial charge on any atom is -0.416 e. The van der Waals surface area contributed by atoms with E-state index in [1.165, 1.54) is 49.6 Å². The molecule has 2 aromatic heterocycles. The zero-order valence-electron chi connectivity index (χ0n) is 15.7. The van der Waals surface area contributed by atoms with E-state index in [0.29, 0.717) is 17.7 Å². The molecule has 8 nitrogen and oxygen atoms in total. The van der Waals surface area contributed by atoms with Gasteiger partial charge in [0.2, 0.25) is 11.8 Å². The Labute approximate surface area is 163 Å². The second-order valence-corrected chi connectivity index (χ2v) is 8.19. The summed E-state index contributed by atoms with van der Waals surface area (Å²) in [6.07, 6.45) is 6.76. The number of nitrogens with one attached hydrogen (secondary N) is 1. The fourth-order valence-corrected chi connectivity index (χ4v) is 4.53. The highest BCUT2D eigenvalue weighted by molar-refractivity contribution is 7.99. The summed E-state index contributed by atoms with van der Waals surface area (Å²) in [4.78, 5) is 14.6. The van der Waals surface area contributed by atoms with Crippen LogP contribution in [0, 0.1) is 6.92 Å². The Morgan fingerprint density at radius 1 is 1.30 bits per heavy atom. The first-order valence-corrected chi connectivity index (χ1v) is 10.7. The molecule has 4 rings (SSSR count). The molecule has 1 fully saturated rings. The zero-order valence-corrected chi connectivity index (χ0v) is 16.5. The van der Waals surface area contributed by atoms with Crippen LogP contribution in [0.4, 0.5) is 0 Å². The van der Waals surface area contributed by atoms with E-state index in [4.69, 9.17) is 4.42 Å². The summed E-state index contributed by atoms with van der Waals surface area (Å²) in [5.41, 5.74) is 2.18. The van der Waals surface area contributed by atoms with Gasteiger partial charge in [0.15, 0.2) is 0 Å². The fourth-order valence-electron chi connectivity index (χ4n) is 3.89. The molecule has 0 aromatic carbocycles. The number of amides is 1. The van der Waals surface area contributed by atoms with Gasteiger partial charge in [0, 0.05) is 26.1 Å². The summed E-state index contributed by atoms with van der Waals surface area (Å²) >= 11 is 1.24. The summed E-state index contributed by atoms with van der Waals surface area (Å²) < 4.78 is 7.35. The molecular weight excluding hydrogens is 364 g/mol. The smallest absolute Gasteiger partial charge is 0.277 e. The summed E-state index contributed by atoms with van der Waals surface area (Å²) in [5, 5.41) is 15.6. The minimum atomic E-state index is -0.0642. The molecule has 1 aliphatic heterocycles. The number of aromatic nitrogens is 4. The number of aryl methyl sites for hydroxylation is 1. The molecule has 3 heterocycles. The topological polar surface area (TPSA) is 89.1 Å². The van der Waals surface area contributed by atoms with Crippen molar-refractivity contribution < 1.29 is 9.21 Å². The van der Waals surface area contributed by atoms with E-state index in [2.05, 4.69) is 36.3 Å². The molecule has 9 heteroatoms. The molecule has 1 saturated carbocycles. The molecule has 0 unspecified atom stereocenters. The molecule has 0 atom stereocenters. The van der Waals surface area contributed by atoms with Crippen LogP contribution in [0.25, 0.3) is 0 Å². The first-order valence-electron chi connectivity index (χ1n) is 9.66. The van der Waals surface area contributed by atoms with Gasteiger partial charge in [-0.25, -0.2) is 0 Å². The van der Waals surface area contributed by atoms with Crippen molar-refractivity contribution in [1.29, 1.82) is 0 Å². The first kappa shape index (κ1) is 18.5. The summed E-state index contributed by atoms with van der Waals surface area (Å²) in [5.74, 6) is 0.694. The second kappa shape index (κ2) is 8.43. The van der Waals surface area contributed by atoms with Crippen LogP contribution in [-0.4, -0.2) is 49.1 Å². The van der Waals surface area contributed by atoms with Gasteiger partial charge in [0.25, 0.3) is 5.22 Å². The van der Waals surface area contributed by atoms with E-state index < -0.39 is 0 Å². The summed E-state index contributed by atoms with van der Waals surface area (Å²) in [7, 11) is 0. The Kier molecular flexibility index (Phi) is 5.77. The lowest BCUT2D eigenvalue weighted by Crippen LogP contribution is -2.42. The zero-order chi connectivity index (χ0) is 18.6. The minimum absolute atomic E-state index is 0.0642. The molecule has 0 spiro atoms. The Balaban J connectivity index is 1.26. The van der Waals surface area contributed by atoms with Crippen molar-refractivity contribution in [3.05, 3.63) is 23.3 Å². The number of nitrogens with zero attached hydrogens (tertiary/aromatic N) is 5. The Morgan fingerprint density at radius 2 is 2.15 bits per heavy atom. The quantitative estimate of drug-likeness (QED) is 0.756. The predicted molar refractivity (Wildman–Crippen MR) is 101 cm³/mol. The molecule has 27 heavy (non-hydrogen) atoms. The number of fused-ring (bicyclic) bond motifs is 1. The number of carbonyl (C=O) groups is 1. The number of carbonyl (C=O) groups excluding carboxylic acids is 1. The van der Waals surface area contributed by atoms with E-state index in [0.717, 1.165) is 31.4 Å². The van der Waals surface area contributed by atoms with Crippen LogP contribution in [0.1, 0.15) is 49.4 Å². The molecule has 1 amide bonds. The highest BCUT2D eigenvalue weighted by atomic mass is 32.2. The maximum Gasteiger partial charge on any atom is 0.277 e. The van der Waals surface area contributed by atoms with Gasteiger partial charge < -0.3 is 9.73 Å². The van der Waals surface area contributed by atoms with Crippen LogP contribution in [0.3, 0.4) is 0 Å². The number of hydrogen-bond acceptors (Lipinski definition) is 7. The van der Waals surface area contributed by atoms with E-state index in [1.54, 1.807) is 6.92 Å². The van der Waals surface area contributed by atoms with Crippen LogP contribution in [-0.2, 0) is 24.4 Å². The highest BCUT2D eigenvalue weighted by Gasteiger charge is 2.26. The largest absolute Gasteiger partial charge is 0.416 e. The lowest BCUT2D eigenvalue weighted by atomic mass is 9.94. The highest BCUT2D eigenvalue weighted by Crippen LogP contribution is 2.26. The van der Waals surface area contributed by atoms with Crippen molar-refractivity contribution >= 4 is 17.7 Å². The number of hydrogen-bond donors (Lipinski definition) is 1. The molecule has 0 bridgehead atoms. The third-order valence-electron chi connectivity index (χ3n) is 5.27. The van der Waals surface area contributed by atoms with Gasteiger partial charge in [-0.2, -0.15) is 5.10 Å². The summed E-state index contributed by atoms with van der Waals surface area (Å²) in [6, 6.07) is 2.86. The average molecular weight is 391 g/mol. The van der Waals surface area contributed by atoms with Crippen LogP contribution in [0.15, 0.2) is 15.7 Å². The first-order chi connectivity index (χ1) is 13.2. The van der Waals surface area contributed by atoms with Crippen LogP contribution in [0.5, 0.6) is 0 Å². The maximum absolute atomic E-state index is 12.0. The van der Waals surface area contributed by atoms with Crippen molar-refractivity contribution in [3.63, 3.8) is 0 Å². The van der Waals surface area contributed by atoms with E-state index in [9.17, 15) is 4.79 Å². The van der Waals surface area contributed by atoms with Gasteiger partial charge in [-0.3, -0.25) is 14.4 Å². The third-order valence-corrected chi connectivity index (χ3v) is 6.09. The standard InChI is InChI=1S/C18H26N6O2S/c1-13-20-21-18(26-13)27-12-17(25)19-10-14-9-16-11-23(7-8-24(16)22-14)15-5-3-2-4-6-15/h9,15H,2-8,10-12H2,1H3,(H,19,25). The Bertz CT molecular complexity index is 783. The van der Waals surface area contributed by atoms with Gasteiger partial charge in [-0.15, -0.1) is 10.2 Å². The fraction of sp³-hybridized carbons (Fsp3) is 0.667. The van der Waals surface area contributed by atoms with Crippen molar-refractivity contribution in [2.45, 2.75) is 69.9 Å². The van der Waals surface area contributed by atoms with Gasteiger partial charge in [0.05, 0.1) is 30.2 Å². The van der Waals surface area contributed by atoms with Gasteiger partial charge in [-0.05, 0) is 18.9 Å². The van der Waals surface area contributed by atoms with Gasteiger partial charge in [0.1, 0.15) is 0 Å². The molecule has 0 radical (unpaired) electrons. The van der Waals surface area contributed by atoms with Gasteiger partial charge in [-0.1, -0.05) is 31.0 Å². The maximum atomic E-state index is 12.0. The van der Waals surface area contributed by atoms with Crippen LogP contribution in [0.2, 0.25) is 0 Å². The lowest BCUT2D eigenvalue weighted by molar-refractivity contribution is -0.118. The molecule has 1 aliphatic carbocycles. The molecular formula is C18H26N6O2S. The average Bonchev–Trinajstić information content (AvgIpc) is 3.30. The molecule has 1 N–H and O–H groups in total. The SMILES string of the molecule is Cc1nnc(SCC(=O)NCc2cc3n(n2)CCN(C2CCCCC2)C3)o1. The monoisotopic (exact) mass is 390 g/mol. The number of rotatable bonds is 6. The normalized spacial score (nSPS) is 18.4. The van der Waals surface area contributed by atoms with E-state index >= 15 is 0 Å². The molecule has 0 saturated heterocycles. The van der Waals surface area contributed by atoms with Crippen LogP contribution >= 0.6 is 11.8 Å². The van der Waals surface area contributed by atoms with Crippen molar-refractivity contribution in [2.75, 3.05) is 12.3 Å². The van der Waals surface area contributed by atoms with E-state index in [1.807, 2.05) is 0 Å². The van der Waals surface area contributed by atoms with E-state index in [-0.39, 0.29) is 11.7 Å². The lowest BCUT2D eigenvalue weighted by Gasteiger charge is -2.36. The van der Waals surface area contributed by atoms with Crippen molar-refractivity contribution in [3.8, 4) is 0 Å². The second-order valence-electron chi connectivity index (χ2n) is 7.26.